The molecule has 5 nitrogen and oxygen atoms in total. The predicted octanol–water partition coefficient (Wildman–Crippen LogP) is 3.35. The van der Waals surface area contributed by atoms with E-state index >= 15 is 0 Å². The highest BCUT2D eigenvalue weighted by molar-refractivity contribution is 7.99. The molecule has 1 fully saturated rings. The predicted molar refractivity (Wildman–Crippen MR) is 96.2 cm³/mol. The molecular formula is C18H20N4OS. The first kappa shape index (κ1) is 16.7. The van der Waals surface area contributed by atoms with Gasteiger partial charge in [-0.05, 0) is 0 Å². The van der Waals surface area contributed by atoms with Crippen LogP contribution in [0.15, 0.2) is 35.5 Å². The number of aromatic nitrogens is 2. The van der Waals surface area contributed by atoms with E-state index < -0.39 is 0 Å². The summed E-state index contributed by atoms with van der Waals surface area (Å²) < 4.78 is 5.43. The van der Waals surface area contributed by atoms with E-state index in [1.807, 2.05) is 30.3 Å². The third kappa shape index (κ3) is 3.69. The van der Waals surface area contributed by atoms with Crippen LogP contribution in [0.4, 0.5) is 5.82 Å². The molecule has 0 aliphatic carbocycles. The van der Waals surface area contributed by atoms with Crippen LogP contribution in [0, 0.1) is 11.3 Å². The summed E-state index contributed by atoms with van der Waals surface area (Å²) in [6, 6.07) is 12.2. The molecule has 0 atom stereocenters. The highest BCUT2D eigenvalue weighted by Crippen LogP contribution is 2.32. The van der Waals surface area contributed by atoms with Gasteiger partial charge < -0.3 is 9.64 Å². The molecule has 1 aromatic carbocycles. The fourth-order valence-corrected chi connectivity index (χ4v) is 3.31. The van der Waals surface area contributed by atoms with E-state index in [2.05, 4.69) is 29.8 Å². The number of morpholine rings is 1. The van der Waals surface area contributed by atoms with Gasteiger partial charge in [-0.3, -0.25) is 0 Å². The highest BCUT2D eigenvalue weighted by Gasteiger charge is 2.22. The Kier molecular flexibility index (Phi) is 5.34. The van der Waals surface area contributed by atoms with E-state index in [0.29, 0.717) is 34.9 Å². The number of hydrogen-bond donors (Lipinski definition) is 0. The maximum Gasteiger partial charge on any atom is 0.190 e. The van der Waals surface area contributed by atoms with Crippen LogP contribution < -0.4 is 4.90 Å². The fraction of sp³-hybridized carbons (Fsp3) is 0.389. The van der Waals surface area contributed by atoms with Crippen molar-refractivity contribution in [2.75, 3.05) is 31.2 Å². The number of nitriles is 1. The van der Waals surface area contributed by atoms with Crippen LogP contribution in [-0.2, 0) is 4.74 Å². The van der Waals surface area contributed by atoms with Crippen LogP contribution in [0.5, 0.6) is 0 Å². The van der Waals surface area contributed by atoms with Crippen LogP contribution in [0.1, 0.15) is 19.4 Å². The smallest absolute Gasteiger partial charge is 0.190 e. The molecule has 0 saturated carbocycles. The van der Waals surface area contributed by atoms with E-state index in [9.17, 15) is 5.26 Å². The van der Waals surface area contributed by atoms with Gasteiger partial charge in [0.1, 0.15) is 11.6 Å². The summed E-state index contributed by atoms with van der Waals surface area (Å²) in [6.45, 7) is 7.02. The first-order valence-electron chi connectivity index (χ1n) is 8.06. The van der Waals surface area contributed by atoms with Crippen LogP contribution in [0.3, 0.4) is 0 Å². The summed E-state index contributed by atoms with van der Waals surface area (Å²) >= 11 is 1.62. The summed E-state index contributed by atoms with van der Waals surface area (Å²) in [6.07, 6.45) is 0. The summed E-state index contributed by atoms with van der Waals surface area (Å²) in [7, 11) is 0. The molecule has 1 aliphatic rings. The molecule has 3 rings (SSSR count). The van der Waals surface area contributed by atoms with Crippen molar-refractivity contribution in [3.63, 3.8) is 0 Å². The normalized spacial score (nSPS) is 14.7. The SMILES string of the molecule is CC(C)Sc1nc(-c2ccccc2)c(C#N)c(N2CCOCC2)n1. The van der Waals surface area contributed by atoms with Gasteiger partial charge in [-0.25, -0.2) is 9.97 Å². The zero-order valence-electron chi connectivity index (χ0n) is 13.9. The molecule has 1 saturated heterocycles. The second kappa shape index (κ2) is 7.65. The van der Waals surface area contributed by atoms with Crippen LogP contribution in [0.25, 0.3) is 11.3 Å². The van der Waals surface area contributed by atoms with Crippen LogP contribution in [0.2, 0.25) is 0 Å². The van der Waals surface area contributed by atoms with Gasteiger partial charge in [-0.1, -0.05) is 55.9 Å². The summed E-state index contributed by atoms with van der Waals surface area (Å²) in [5.74, 6) is 0.720. The summed E-state index contributed by atoms with van der Waals surface area (Å²) in [5.41, 5.74) is 2.19. The van der Waals surface area contributed by atoms with Gasteiger partial charge in [0.2, 0.25) is 0 Å². The Balaban J connectivity index is 2.14. The number of benzene rings is 1. The average molecular weight is 340 g/mol. The Bertz CT molecular complexity index is 737. The zero-order valence-corrected chi connectivity index (χ0v) is 14.7. The van der Waals surface area contributed by atoms with Crippen molar-refractivity contribution in [1.82, 2.24) is 9.97 Å². The van der Waals surface area contributed by atoms with Crippen molar-refractivity contribution >= 4 is 17.6 Å². The topological polar surface area (TPSA) is 62.0 Å². The molecule has 6 heteroatoms. The molecule has 0 amide bonds. The molecule has 1 aromatic heterocycles. The zero-order chi connectivity index (χ0) is 16.9. The maximum atomic E-state index is 9.77. The van der Waals surface area contributed by atoms with Crippen molar-refractivity contribution in [3.05, 3.63) is 35.9 Å². The summed E-state index contributed by atoms with van der Waals surface area (Å²) in [4.78, 5) is 11.5. The lowest BCUT2D eigenvalue weighted by atomic mass is 10.1. The first-order valence-corrected chi connectivity index (χ1v) is 8.94. The number of hydrogen-bond acceptors (Lipinski definition) is 6. The minimum Gasteiger partial charge on any atom is -0.378 e. The molecule has 2 aromatic rings. The van der Waals surface area contributed by atoms with E-state index in [1.54, 1.807) is 11.8 Å². The van der Waals surface area contributed by atoms with Gasteiger partial charge in [0.15, 0.2) is 11.0 Å². The number of thioether (sulfide) groups is 1. The van der Waals surface area contributed by atoms with Crippen LogP contribution in [-0.4, -0.2) is 41.5 Å². The molecular weight excluding hydrogens is 320 g/mol. The maximum absolute atomic E-state index is 9.77. The van der Waals surface area contributed by atoms with E-state index in [-0.39, 0.29) is 0 Å². The Morgan fingerprint density at radius 2 is 1.88 bits per heavy atom. The van der Waals surface area contributed by atoms with Gasteiger partial charge in [0, 0.05) is 23.9 Å². The number of nitrogens with zero attached hydrogens (tertiary/aromatic N) is 4. The third-order valence-electron chi connectivity index (χ3n) is 3.68. The lowest BCUT2D eigenvalue weighted by molar-refractivity contribution is 0.122. The van der Waals surface area contributed by atoms with Crippen molar-refractivity contribution < 1.29 is 4.74 Å². The standard InChI is InChI=1S/C18H20N4OS/c1-13(2)24-18-20-16(14-6-4-3-5-7-14)15(12-19)17(21-18)22-8-10-23-11-9-22/h3-7,13H,8-11H2,1-2H3. The lowest BCUT2D eigenvalue weighted by Crippen LogP contribution is -2.37. The third-order valence-corrected chi connectivity index (χ3v) is 4.54. The van der Waals surface area contributed by atoms with E-state index in [4.69, 9.17) is 9.72 Å². The van der Waals surface area contributed by atoms with Crippen LogP contribution >= 0.6 is 11.8 Å². The molecule has 0 radical (unpaired) electrons. The Hall–Kier alpha value is -2.10. The Labute approximate surface area is 146 Å². The van der Waals surface area contributed by atoms with Crippen molar-refractivity contribution in [2.45, 2.75) is 24.3 Å². The van der Waals surface area contributed by atoms with Crippen molar-refractivity contribution in [3.8, 4) is 17.3 Å². The van der Waals surface area contributed by atoms with Crippen molar-refractivity contribution in [2.24, 2.45) is 0 Å². The minimum absolute atomic E-state index is 0.374. The molecule has 0 N–H and O–H groups in total. The van der Waals surface area contributed by atoms with E-state index in [0.717, 1.165) is 24.5 Å². The van der Waals surface area contributed by atoms with Gasteiger partial charge in [-0.15, -0.1) is 0 Å². The van der Waals surface area contributed by atoms with E-state index in [1.165, 1.54) is 0 Å². The quantitative estimate of drug-likeness (QED) is 0.628. The molecule has 2 heterocycles. The van der Waals surface area contributed by atoms with Gasteiger partial charge in [-0.2, -0.15) is 5.26 Å². The number of ether oxygens (including phenoxy) is 1. The fourth-order valence-electron chi connectivity index (χ4n) is 2.60. The second-order valence-electron chi connectivity index (χ2n) is 5.80. The first-order chi connectivity index (χ1) is 11.7. The second-order valence-corrected chi connectivity index (χ2v) is 7.34. The molecule has 124 valence electrons. The Morgan fingerprint density at radius 1 is 1.17 bits per heavy atom. The van der Waals surface area contributed by atoms with Crippen molar-refractivity contribution in [1.29, 1.82) is 5.26 Å². The number of anilines is 1. The lowest BCUT2D eigenvalue weighted by Gasteiger charge is -2.29. The Morgan fingerprint density at radius 3 is 2.50 bits per heavy atom. The largest absolute Gasteiger partial charge is 0.378 e. The van der Waals surface area contributed by atoms with Gasteiger partial charge >= 0.3 is 0 Å². The minimum atomic E-state index is 0.374. The molecule has 1 aliphatic heterocycles. The highest BCUT2D eigenvalue weighted by atomic mass is 32.2. The number of rotatable bonds is 4. The molecule has 0 unspecified atom stereocenters. The average Bonchev–Trinajstić information content (AvgIpc) is 2.62. The molecule has 0 bridgehead atoms. The van der Waals surface area contributed by atoms with Gasteiger partial charge in [0.05, 0.1) is 18.9 Å². The monoisotopic (exact) mass is 340 g/mol. The molecule has 0 spiro atoms. The molecule has 24 heavy (non-hydrogen) atoms. The van der Waals surface area contributed by atoms with Gasteiger partial charge in [0.25, 0.3) is 0 Å². The summed E-state index contributed by atoms with van der Waals surface area (Å²) in [5, 5.41) is 10.9.